The van der Waals surface area contributed by atoms with Crippen LogP contribution in [0.25, 0.3) is 10.4 Å². The van der Waals surface area contributed by atoms with Gasteiger partial charge in [-0.15, -0.1) is 11.3 Å². The number of carbonyl (C=O) groups excluding carboxylic acids is 2. The van der Waals surface area contributed by atoms with Crippen LogP contribution in [-0.2, 0) is 15.1 Å². The van der Waals surface area contributed by atoms with Gasteiger partial charge in [0.1, 0.15) is 10.5 Å². The van der Waals surface area contributed by atoms with Gasteiger partial charge < -0.3 is 15.5 Å². The third-order valence-electron chi connectivity index (χ3n) is 6.78. The van der Waals surface area contributed by atoms with Crippen molar-refractivity contribution in [2.75, 3.05) is 18.4 Å². The van der Waals surface area contributed by atoms with Gasteiger partial charge >= 0.3 is 0 Å². The van der Waals surface area contributed by atoms with E-state index in [4.69, 9.17) is 16.6 Å². The van der Waals surface area contributed by atoms with E-state index in [1.165, 1.54) is 6.42 Å². The van der Waals surface area contributed by atoms with E-state index in [2.05, 4.69) is 39.7 Å². The molecule has 6 rings (SSSR count). The quantitative estimate of drug-likeness (QED) is 0.455. The first kappa shape index (κ1) is 24.6. The van der Waals surface area contributed by atoms with Gasteiger partial charge in [0.25, 0.3) is 0 Å². The third kappa shape index (κ3) is 5.22. The van der Waals surface area contributed by atoms with Crippen LogP contribution in [0.5, 0.6) is 0 Å². The van der Waals surface area contributed by atoms with E-state index in [0.29, 0.717) is 17.4 Å². The number of aryl methyl sites for hydroxylation is 1. The molecule has 3 aliphatic rings. The molecule has 2 amide bonds. The number of halogens is 1. The Morgan fingerprint density at radius 2 is 1.89 bits per heavy atom. The molecule has 2 aromatic heterocycles. The zero-order chi connectivity index (χ0) is 25.1. The molecule has 188 valence electrons. The van der Waals surface area contributed by atoms with Crippen molar-refractivity contribution in [2.45, 2.75) is 57.4 Å². The van der Waals surface area contributed by atoms with Crippen molar-refractivity contribution in [1.29, 1.82) is 0 Å². The van der Waals surface area contributed by atoms with Crippen LogP contribution in [-0.4, -0.2) is 44.8 Å². The van der Waals surface area contributed by atoms with Crippen molar-refractivity contribution in [1.82, 2.24) is 25.2 Å². The average molecular weight is 525 g/mol. The molecule has 8 nitrogen and oxygen atoms in total. The molecule has 36 heavy (non-hydrogen) atoms. The van der Waals surface area contributed by atoms with E-state index in [0.717, 1.165) is 71.9 Å². The minimum atomic E-state index is -0.151. The maximum atomic E-state index is 11.9. The van der Waals surface area contributed by atoms with Crippen LogP contribution in [0, 0.1) is 6.92 Å². The summed E-state index contributed by atoms with van der Waals surface area (Å²) >= 11 is 7.54. The van der Waals surface area contributed by atoms with Gasteiger partial charge in [0.15, 0.2) is 0 Å². The number of nitrogens with zero attached hydrogens (tertiary/aromatic N) is 4. The number of carbonyl (C=O) groups is 2. The summed E-state index contributed by atoms with van der Waals surface area (Å²) in [5.41, 5.74) is 2.98. The lowest BCUT2D eigenvalue weighted by Crippen LogP contribution is -2.57. The molecule has 1 aromatic carbocycles. The van der Waals surface area contributed by atoms with Crippen LogP contribution < -0.4 is 10.6 Å². The number of fused-ring (bicyclic) bond motifs is 1. The molecule has 1 atom stereocenters. The van der Waals surface area contributed by atoms with Crippen LogP contribution in [0.1, 0.15) is 55.5 Å². The predicted molar refractivity (Wildman–Crippen MR) is 141 cm³/mol. The number of anilines is 2. The summed E-state index contributed by atoms with van der Waals surface area (Å²) < 4.78 is 0. The number of hydrogen-bond donors (Lipinski definition) is 2. The smallest absolute Gasteiger partial charge is 0.227 e. The Balaban J connectivity index is 0.000000286. The minimum Gasteiger partial charge on any atom is -0.356 e. The first-order valence-electron chi connectivity index (χ1n) is 12.3. The molecule has 0 saturated carbocycles. The second-order valence-electron chi connectivity index (χ2n) is 9.49. The topological polar surface area (TPSA) is 100 Å². The number of nitrogens with one attached hydrogen (secondary N) is 2. The van der Waals surface area contributed by atoms with E-state index < -0.39 is 0 Å². The van der Waals surface area contributed by atoms with E-state index >= 15 is 0 Å². The second kappa shape index (κ2) is 10.5. The van der Waals surface area contributed by atoms with Crippen molar-refractivity contribution < 1.29 is 9.59 Å². The number of hydrogen-bond acceptors (Lipinski definition) is 7. The highest BCUT2D eigenvalue weighted by Gasteiger charge is 2.56. The summed E-state index contributed by atoms with van der Waals surface area (Å²) in [5.74, 6) is 0.973. The van der Waals surface area contributed by atoms with E-state index in [-0.39, 0.29) is 17.4 Å². The third-order valence-corrected chi connectivity index (χ3v) is 8.21. The van der Waals surface area contributed by atoms with Gasteiger partial charge in [-0.3, -0.25) is 9.59 Å². The van der Waals surface area contributed by atoms with Crippen LogP contribution in [0.3, 0.4) is 0 Å². The lowest BCUT2D eigenvalue weighted by Gasteiger charge is -2.45. The molecular weight excluding hydrogens is 496 g/mol. The molecule has 3 aromatic rings. The number of benzene rings is 1. The Bertz CT molecular complexity index is 1250. The van der Waals surface area contributed by atoms with Crippen LogP contribution in [0.15, 0.2) is 36.8 Å². The van der Waals surface area contributed by atoms with E-state index in [1.807, 2.05) is 17.2 Å². The van der Waals surface area contributed by atoms with Crippen LogP contribution >= 0.6 is 22.9 Å². The van der Waals surface area contributed by atoms with Gasteiger partial charge in [0.2, 0.25) is 17.8 Å². The first-order valence-corrected chi connectivity index (χ1v) is 13.5. The summed E-state index contributed by atoms with van der Waals surface area (Å²) in [5, 5.41) is 7.59. The standard InChI is InChI=1S/C20H18ClN5OS.C6H11NO/c1-12-5-13(7-15(6-12)25-19-23-9-14(21)10-24-19)16-11-22-18(28-16)20-3-2-4-26(20)17(27)8-20;8-6-4-2-1-3-5-7-6/h5-7,9-11H,2-4,8H2,1H3,(H,23,24,25);1-5H2,(H,7,8). The maximum absolute atomic E-state index is 11.9. The Hall–Kier alpha value is -3.04. The van der Waals surface area contributed by atoms with Gasteiger partial charge in [-0.05, 0) is 55.9 Å². The van der Waals surface area contributed by atoms with Crippen molar-refractivity contribution in [3.8, 4) is 10.4 Å². The summed E-state index contributed by atoms with van der Waals surface area (Å²) in [4.78, 5) is 38.7. The van der Waals surface area contributed by atoms with Crippen LogP contribution in [0.4, 0.5) is 11.6 Å². The molecule has 3 fully saturated rings. The highest BCUT2D eigenvalue weighted by Crippen LogP contribution is 2.51. The lowest BCUT2D eigenvalue weighted by molar-refractivity contribution is -0.153. The minimum absolute atomic E-state index is 0.151. The number of rotatable bonds is 4. The fraction of sp³-hybridized carbons (Fsp3) is 0.423. The molecular formula is C26H29ClN6O2S. The number of thiazole rings is 1. The summed E-state index contributed by atoms with van der Waals surface area (Å²) in [6, 6.07) is 6.25. The average Bonchev–Trinajstić information content (AvgIpc) is 3.40. The highest BCUT2D eigenvalue weighted by atomic mass is 35.5. The molecule has 0 spiro atoms. The van der Waals surface area contributed by atoms with Gasteiger partial charge in [0, 0.05) is 31.4 Å². The van der Waals surface area contributed by atoms with Crippen molar-refractivity contribution >= 4 is 46.4 Å². The normalized spacial score (nSPS) is 21.0. The van der Waals surface area contributed by atoms with Gasteiger partial charge in [-0.25, -0.2) is 15.0 Å². The molecule has 0 bridgehead atoms. The summed E-state index contributed by atoms with van der Waals surface area (Å²) in [7, 11) is 0. The summed E-state index contributed by atoms with van der Waals surface area (Å²) in [6.07, 6.45) is 11.9. The molecule has 3 saturated heterocycles. The van der Waals surface area contributed by atoms with E-state index in [1.54, 1.807) is 23.7 Å². The second-order valence-corrected chi connectivity index (χ2v) is 11.0. The zero-order valence-electron chi connectivity index (χ0n) is 20.2. The fourth-order valence-electron chi connectivity index (χ4n) is 5.01. The molecule has 2 N–H and O–H groups in total. The monoisotopic (exact) mass is 524 g/mol. The number of amides is 2. The Labute approximate surface area is 219 Å². The molecule has 10 heteroatoms. The zero-order valence-corrected chi connectivity index (χ0v) is 21.8. The first-order chi connectivity index (χ1) is 17.4. The molecule has 0 aliphatic carbocycles. The molecule has 5 heterocycles. The largest absolute Gasteiger partial charge is 0.356 e. The van der Waals surface area contributed by atoms with E-state index in [9.17, 15) is 9.59 Å². The van der Waals surface area contributed by atoms with Crippen molar-refractivity contribution in [2.24, 2.45) is 0 Å². The number of β-lactam (4-membered cyclic amide) rings is 1. The Morgan fingerprint density at radius 1 is 1.06 bits per heavy atom. The molecule has 1 unspecified atom stereocenters. The highest BCUT2D eigenvalue weighted by molar-refractivity contribution is 7.15. The van der Waals surface area contributed by atoms with Crippen LogP contribution in [0.2, 0.25) is 5.02 Å². The Kier molecular flexibility index (Phi) is 7.20. The lowest BCUT2D eigenvalue weighted by atomic mass is 9.85. The predicted octanol–water partition coefficient (Wildman–Crippen LogP) is 5.20. The Morgan fingerprint density at radius 3 is 2.69 bits per heavy atom. The maximum Gasteiger partial charge on any atom is 0.227 e. The number of aromatic nitrogens is 3. The van der Waals surface area contributed by atoms with Gasteiger partial charge in [0.05, 0.1) is 28.7 Å². The molecule has 3 aliphatic heterocycles. The van der Waals surface area contributed by atoms with Crippen molar-refractivity contribution in [3.63, 3.8) is 0 Å². The van der Waals surface area contributed by atoms with Gasteiger partial charge in [-0.1, -0.05) is 24.1 Å². The summed E-state index contributed by atoms with van der Waals surface area (Å²) in [6.45, 7) is 3.80. The fourth-order valence-corrected chi connectivity index (χ4v) is 6.23. The van der Waals surface area contributed by atoms with Crippen molar-refractivity contribution in [3.05, 3.63) is 52.4 Å². The SMILES string of the molecule is Cc1cc(Nc2ncc(Cl)cn2)cc(-c2cnc(C34CCCN3C(=O)C4)s2)c1.O=C1CCCCCN1. The van der Waals surface area contributed by atoms with Gasteiger partial charge in [-0.2, -0.15) is 0 Å². The molecule has 0 radical (unpaired) electrons.